The summed E-state index contributed by atoms with van der Waals surface area (Å²) in [5, 5.41) is 5.78. The molecular formula is C25H22ClN3O3S. The second-order valence-electron chi connectivity index (χ2n) is 7.86. The highest BCUT2D eigenvalue weighted by atomic mass is 35.5. The van der Waals surface area contributed by atoms with Crippen molar-refractivity contribution in [3.8, 4) is 11.5 Å². The first-order valence-electron chi connectivity index (χ1n) is 10.7. The lowest BCUT2D eigenvalue weighted by atomic mass is 9.97. The summed E-state index contributed by atoms with van der Waals surface area (Å²) in [5.41, 5.74) is 2.83. The molecule has 33 heavy (non-hydrogen) atoms. The molecule has 2 aromatic heterocycles. The van der Waals surface area contributed by atoms with Gasteiger partial charge in [0.1, 0.15) is 17.8 Å². The highest BCUT2D eigenvalue weighted by Gasteiger charge is 2.19. The van der Waals surface area contributed by atoms with E-state index >= 15 is 0 Å². The number of rotatable bonds is 6. The van der Waals surface area contributed by atoms with Crippen LogP contribution in [0.4, 0.5) is 0 Å². The van der Waals surface area contributed by atoms with Crippen molar-refractivity contribution in [3.05, 3.63) is 85.7 Å². The van der Waals surface area contributed by atoms with Gasteiger partial charge in [-0.05, 0) is 72.7 Å². The van der Waals surface area contributed by atoms with Gasteiger partial charge < -0.3 is 9.47 Å². The smallest absolute Gasteiger partial charge is 0.282 e. The monoisotopic (exact) mass is 479 g/mol. The van der Waals surface area contributed by atoms with Gasteiger partial charge in [-0.15, -0.1) is 11.3 Å². The Balaban J connectivity index is 1.37. The van der Waals surface area contributed by atoms with Crippen molar-refractivity contribution in [1.82, 2.24) is 9.66 Å². The van der Waals surface area contributed by atoms with Gasteiger partial charge in [0.2, 0.25) is 0 Å². The summed E-state index contributed by atoms with van der Waals surface area (Å²) in [6, 6.07) is 13.0. The average molecular weight is 480 g/mol. The van der Waals surface area contributed by atoms with Crippen molar-refractivity contribution < 1.29 is 9.47 Å². The molecule has 8 heteroatoms. The van der Waals surface area contributed by atoms with Gasteiger partial charge in [-0.1, -0.05) is 23.7 Å². The number of halogens is 1. The number of aryl methyl sites for hydroxylation is 2. The molecular weight excluding hydrogens is 458 g/mol. The molecule has 0 spiro atoms. The molecule has 0 atom stereocenters. The summed E-state index contributed by atoms with van der Waals surface area (Å²) in [7, 11) is 1.59. The highest BCUT2D eigenvalue weighted by Crippen LogP contribution is 2.33. The number of aromatic nitrogens is 2. The van der Waals surface area contributed by atoms with Crippen LogP contribution < -0.4 is 15.0 Å². The molecule has 168 valence electrons. The van der Waals surface area contributed by atoms with Crippen molar-refractivity contribution in [2.45, 2.75) is 32.3 Å². The van der Waals surface area contributed by atoms with Gasteiger partial charge in [0.25, 0.3) is 5.56 Å². The summed E-state index contributed by atoms with van der Waals surface area (Å²) in [6.07, 6.45) is 7.37. The van der Waals surface area contributed by atoms with E-state index in [9.17, 15) is 4.79 Å². The Morgan fingerprint density at radius 2 is 1.97 bits per heavy atom. The van der Waals surface area contributed by atoms with Gasteiger partial charge >= 0.3 is 0 Å². The molecule has 1 aliphatic rings. The molecule has 6 nitrogen and oxygen atoms in total. The van der Waals surface area contributed by atoms with E-state index in [0.717, 1.165) is 46.2 Å². The van der Waals surface area contributed by atoms with E-state index in [2.05, 4.69) is 10.1 Å². The fraction of sp³-hybridized carbons (Fsp3) is 0.240. The summed E-state index contributed by atoms with van der Waals surface area (Å²) >= 11 is 7.57. The molecule has 2 heterocycles. The van der Waals surface area contributed by atoms with Gasteiger partial charge in [-0.3, -0.25) is 4.79 Å². The van der Waals surface area contributed by atoms with Crippen LogP contribution in [0, 0.1) is 0 Å². The van der Waals surface area contributed by atoms with E-state index in [0.29, 0.717) is 23.1 Å². The number of fused-ring (bicyclic) bond motifs is 3. The van der Waals surface area contributed by atoms with Crippen LogP contribution in [0.15, 0.2) is 58.7 Å². The number of thiophene rings is 1. The van der Waals surface area contributed by atoms with Crippen LogP contribution >= 0.6 is 22.9 Å². The number of ether oxygens (including phenoxy) is 2. The number of methoxy groups -OCH3 is 1. The summed E-state index contributed by atoms with van der Waals surface area (Å²) in [6.45, 7) is 0.396. The van der Waals surface area contributed by atoms with Crippen molar-refractivity contribution in [2.24, 2.45) is 5.10 Å². The number of nitrogens with zero attached hydrogens (tertiary/aromatic N) is 3. The third kappa shape index (κ3) is 4.51. The Kier molecular flexibility index (Phi) is 6.15. The third-order valence-electron chi connectivity index (χ3n) is 5.69. The van der Waals surface area contributed by atoms with Gasteiger partial charge in [0, 0.05) is 9.90 Å². The average Bonchev–Trinajstić information content (AvgIpc) is 3.23. The Morgan fingerprint density at radius 1 is 1.15 bits per heavy atom. The van der Waals surface area contributed by atoms with Crippen LogP contribution in [-0.2, 0) is 19.4 Å². The molecule has 0 aliphatic heterocycles. The molecule has 0 fully saturated rings. The number of hydrogen-bond acceptors (Lipinski definition) is 6. The fourth-order valence-corrected chi connectivity index (χ4v) is 5.32. The molecule has 0 unspecified atom stereocenters. The Bertz CT molecular complexity index is 1390. The predicted octanol–water partition coefficient (Wildman–Crippen LogP) is 5.46. The van der Waals surface area contributed by atoms with E-state index in [1.54, 1.807) is 24.7 Å². The zero-order chi connectivity index (χ0) is 22.8. The van der Waals surface area contributed by atoms with Crippen LogP contribution in [-0.4, -0.2) is 23.0 Å². The van der Waals surface area contributed by atoms with Crippen LogP contribution in [0.2, 0.25) is 5.02 Å². The molecule has 0 saturated heterocycles. The predicted molar refractivity (Wildman–Crippen MR) is 132 cm³/mol. The second-order valence-corrected chi connectivity index (χ2v) is 9.38. The SMILES string of the molecule is COc1cc(/C=N/n2cnc3sc4c(c3c2=O)CCCC4)ccc1OCc1ccc(Cl)cc1. The Labute approximate surface area is 200 Å². The van der Waals surface area contributed by atoms with Crippen LogP contribution in [0.1, 0.15) is 34.4 Å². The topological polar surface area (TPSA) is 65.7 Å². The molecule has 0 amide bonds. The summed E-state index contributed by atoms with van der Waals surface area (Å²) in [5.74, 6) is 1.20. The first-order valence-corrected chi connectivity index (χ1v) is 11.9. The number of hydrogen-bond donors (Lipinski definition) is 0. The molecule has 0 saturated carbocycles. The van der Waals surface area contributed by atoms with Crippen LogP contribution in [0.5, 0.6) is 11.5 Å². The van der Waals surface area contributed by atoms with E-state index < -0.39 is 0 Å². The fourth-order valence-electron chi connectivity index (χ4n) is 3.97. The lowest BCUT2D eigenvalue weighted by Gasteiger charge is -2.11. The minimum Gasteiger partial charge on any atom is -0.493 e. The summed E-state index contributed by atoms with van der Waals surface area (Å²) in [4.78, 5) is 19.6. The minimum atomic E-state index is -0.120. The van der Waals surface area contributed by atoms with E-state index in [-0.39, 0.29) is 5.56 Å². The van der Waals surface area contributed by atoms with E-state index in [1.807, 2.05) is 42.5 Å². The molecule has 0 radical (unpaired) electrons. The molecule has 0 N–H and O–H groups in total. The second kappa shape index (κ2) is 9.37. The molecule has 0 bridgehead atoms. The van der Waals surface area contributed by atoms with Crippen molar-refractivity contribution in [1.29, 1.82) is 0 Å². The first-order chi connectivity index (χ1) is 16.1. The quantitative estimate of drug-likeness (QED) is 0.344. The molecule has 1 aliphatic carbocycles. The van der Waals surface area contributed by atoms with Crippen LogP contribution in [0.25, 0.3) is 10.2 Å². The number of benzene rings is 2. The van der Waals surface area contributed by atoms with Gasteiger partial charge in [0.15, 0.2) is 11.5 Å². The van der Waals surface area contributed by atoms with E-state index in [4.69, 9.17) is 21.1 Å². The summed E-state index contributed by atoms with van der Waals surface area (Å²) < 4.78 is 12.7. The maximum Gasteiger partial charge on any atom is 0.282 e. The van der Waals surface area contributed by atoms with Crippen molar-refractivity contribution in [3.63, 3.8) is 0 Å². The van der Waals surface area contributed by atoms with Crippen molar-refractivity contribution >= 4 is 39.4 Å². The van der Waals surface area contributed by atoms with Crippen molar-refractivity contribution in [2.75, 3.05) is 7.11 Å². The standard InChI is InChI=1S/C25H22ClN3O3S/c1-31-21-12-17(8-11-20(21)32-14-16-6-9-18(26)10-7-16)13-28-29-15-27-24-23(25(29)30)19-4-2-3-5-22(19)33-24/h6-13,15H,2-5,14H2,1H3/b28-13+. The largest absolute Gasteiger partial charge is 0.493 e. The zero-order valence-electron chi connectivity index (χ0n) is 18.1. The third-order valence-corrected chi connectivity index (χ3v) is 7.14. The first kappa shape index (κ1) is 21.7. The maximum atomic E-state index is 13.1. The van der Waals surface area contributed by atoms with Crippen LogP contribution in [0.3, 0.4) is 0 Å². The van der Waals surface area contributed by atoms with Gasteiger partial charge in [-0.25, -0.2) is 4.98 Å². The lowest BCUT2D eigenvalue weighted by molar-refractivity contribution is 0.284. The minimum absolute atomic E-state index is 0.120. The zero-order valence-corrected chi connectivity index (χ0v) is 19.7. The van der Waals surface area contributed by atoms with Gasteiger partial charge in [-0.2, -0.15) is 9.78 Å². The Morgan fingerprint density at radius 3 is 2.79 bits per heavy atom. The highest BCUT2D eigenvalue weighted by molar-refractivity contribution is 7.18. The molecule has 5 rings (SSSR count). The lowest BCUT2D eigenvalue weighted by Crippen LogP contribution is -2.18. The maximum absolute atomic E-state index is 13.1. The van der Waals surface area contributed by atoms with Gasteiger partial charge in [0.05, 0.1) is 18.7 Å². The Hall–Kier alpha value is -3.16. The normalized spacial score (nSPS) is 13.4. The van der Waals surface area contributed by atoms with E-state index in [1.165, 1.54) is 22.3 Å². The molecule has 4 aromatic rings. The molecule has 2 aromatic carbocycles.